The lowest BCUT2D eigenvalue weighted by molar-refractivity contribution is -0.117. The van der Waals surface area contributed by atoms with Crippen LogP contribution in [0.15, 0.2) is 67.3 Å². The van der Waals surface area contributed by atoms with Crippen molar-refractivity contribution in [3.05, 3.63) is 78.4 Å². The zero-order valence-electron chi connectivity index (χ0n) is 12.9. The number of amides is 1. The van der Waals surface area contributed by atoms with Gasteiger partial charge in [-0.25, -0.2) is 0 Å². The number of aromatic nitrogens is 3. The summed E-state index contributed by atoms with van der Waals surface area (Å²) in [6, 6.07) is 17.6. The van der Waals surface area contributed by atoms with Crippen LogP contribution in [-0.4, -0.2) is 20.7 Å². The highest BCUT2D eigenvalue weighted by molar-refractivity contribution is 5.95. The van der Waals surface area contributed by atoms with E-state index in [4.69, 9.17) is 0 Å². The molecule has 0 saturated heterocycles. The smallest absolute Gasteiger partial charge is 0.231 e. The average molecular weight is 306 g/mol. The highest BCUT2D eigenvalue weighted by Crippen LogP contribution is 2.18. The van der Waals surface area contributed by atoms with E-state index in [2.05, 4.69) is 15.5 Å². The fourth-order valence-corrected chi connectivity index (χ4v) is 2.41. The Morgan fingerprint density at radius 1 is 1.09 bits per heavy atom. The van der Waals surface area contributed by atoms with Crippen LogP contribution in [-0.2, 0) is 11.3 Å². The molecule has 5 heteroatoms. The van der Waals surface area contributed by atoms with E-state index >= 15 is 0 Å². The third kappa shape index (κ3) is 3.83. The standard InChI is InChI=1S/C18H18N4O/c1-14(16-7-3-2-4-8-16)18(23)21-17-9-5-6-15(10-17)11-22-12-19-20-13-22/h2-10,12-14H,11H2,1H3,(H,21,23)/t14-/m0/s1. The molecule has 116 valence electrons. The Morgan fingerprint density at radius 3 is 2.57 bits per heavy atom. The molecule has 2 aromatic carbocycles. The molecule has 3 aromatic rings. The average Bonchev–Trinajstić information content (AvgIpc) is 3.08. The lowest BCUT2D eigenvalue weighted by atomic mass is 10.0. The summed E-state index contributed by atoms with van der Waals surface area (Å²) in [6.45, 7) is 2.58. The molecule has 0 saturated carbocycles. The normalized spacial score (nSPS) is 11.9. The van der Waals surface area contributed by atoms with Crippen molar-refractivity contribution in [2.75, 3.05) is 5.32 Å². The summed E-state index contributed by atoms with van der Waals surface area (Å²) >= 11 is 0. The number of nitrogens with zero attached hydrogens (tertiary/aromatic N) is 3. The fraction of sp³-hybridized carbons (Fsp3) is 0.167. The predicted octanol–water partition coefficient (Wildman–Crippen LogP) is 3.07. The maximum atomic E-state index is 12.4. The molecule has 0 aliphatic rings. The van der Waals surface area contributed by atoms with Crippen LogP contribution in [0, 0.1) is 0 Å². The topological polar surface area (TPSA) is 59.8 Å². The van der Waals surface area contributed by atoms with Gasteiger partial charge in [0.05, 0.1) is 12.5 Å². The molecular weight excluding hydrogens is 288 g/mol. The molecule has 0 fully saturated rings. The molecule has 1 aromatic heterocycles. The Hall–Kier alpha value is -2.95. The van der Waals surface area contributed by atoms with Crippen LogP contribution < -0.4 is 5.32 Å². The molecule has 1 heterocycles. The summed E-state index contributed by atoms with van der Waals surface area (Å²) in [5.74, 6) is -0.213. The van der Waals surface area contributed by atoms with Crippen molar-refractivity contribution in [3.8, 4) is 0 Å². The van der Waals surface area contributed by atoms with Crippen LogP contribution in [0.3, 0.4) is 0 Å². The van der Waals surface area contributed by atoms with Crippen LogP contribution in [0.25, 0.3) is 0 Å². The van der Waals surface area contributed by atoms with Gasteiger partial charge in [-0.15, -0.1) is 10.2 Å². The van der Waals surface area contributed by atoms with Crippen molar-refractivity contribution >= 4 is 11.6 Å². The minimum atomic E-state index is -0.197. The molecule has 0 radical (unpaired) electrons. The third-order valence-electron chi connectivity index (χ3n) is 3.72. The van der Waals surface area contributed by atoms with Gasteiger partial charge in [0.15, 0.2) is 0 Å². The molecule has 0 aliphatic carbocycles. The minimum Gasteiger partial charge on any atom is -0.326 e. The first kappa shape index (κ1) is 15.0. The summed E-state index contributed by atoms with van der Waals surface area (Å²) in [5, 5.41) is 10.6. The van der Waals surface area contributed by atoms with Crippen LogP contribution >= 0.6 is 0 Å². The van der Waals surface area contributed by atoms with Crippen molar-refractivity contribution in [2.24, 2.45) is 0 Å². The maximum Gasteiger partial charge on any atom is 0.231 e. The van der Waals surface area contributed by atoms with Gasteiger partial charge in [0.1, 0.15) is 12.7 Å². The fourth-order valence-electron chi connectivity index (χ4n) is 2.41. The van der Waals surface area contributed by atoms with Gasteiger partial charge in [-0.05, 0) is 30.2 Å². The SMILES string of the molecule is C[C@H](C(=O)Nc1cccc(Cn2cnnc2)c1)c1ccccc1. The lowest BCUT2D eigenvalue weighted by Crippen LogP contribution is -2.18. The summed E-state index contributed by atoms with van der Waals surface area (Å²) in [6.07, 6.45) is 3.34. The van der Waals surface area contributed by atoms with Crippen LogP contribution in [0.1, 0.15) is 24.0 Å². The van der Waals surface area contributed by atoms with E-state index in [1.165, 1.54) is 0 Å². The van der Waals surface area contributed by atoms with Gasteiger partial charge in [-0.2, -0.15) is 0 Å². The Kier molecular flexibility index (Phi) is 4.47. The molecule has 5 nitrogen and oxygen atoms in total. The molecule has 23 heavy (non-hydrogen) atoms. The van der Waals surface area contributed by atoms with Crippen LogP contribution in [0.5, 0.6) is 0 Å². The quantitative estimate of drug-likeness (QED) is 0.788. The van der Waals surface area contributed by atoms with Crippen molar-refractivity contribution in [2.45, 2.75) is 19.4 Å². The first-order valence-corrected chi connectivity index (χ1v) is 7.49. The number of hydrogen-bond donors (Lipinski definition) is 1. The second-order valence-electron chi connectivity index (χ2n) is 5.46. The molecule has 0 spiro atoms. The number of carbonyl (C=O) groups is 1. The molecule has 0 aliphatic heterocycles. The van der Waals surface area contributed by atoms with Crippen molar-refractivity contribution in [3.63, 3.8) is 0 Å². The van der Waals surface area contributed by atoms with E-state index in [1.807, 2.05) is 66.1 Å². The second kappa shape index (κ2) is 6.87. The van der Waals surface area contributed by atoms with Gasteiger partial charge in [0, 0.05) is 5.69 Å². The lowest BCUT2D eigenvalue weighted by Gasteiger charge is -2.13. The van der Waals surface area contributed by atoms with E-state index in [1.54, 1.807) is 12.7 Å². The van der Waals surface area contributed by atoms with Crippen molar-refractivity contribution in [1.29, 1.82) is 0 Å². The van der Waals surface area contributed by atoms with E-state index in [0.717, 1.165) is 16.8 Å². The first-order valence-electron chi connectivity index (χ1n) is 7.49. The van der Waals surface area contributed by atoms with Gasteiger partial charge in [-0.1, -0.05) is 42.5 Å². The van der Waals surface area contributed by atoms with Gasteiger partial charge < -0.3 is 9.88 Å². The first-order chi connectivity index (χ1) is 11.2. The van der Waals surface area contributed by atoms with Gasteiger partial charge in [-0.3, -0.25) is 4.79 Å². The molecule has 1 N–H and O–H groups in total. The molecular formula is C18H18N4O. The molecule has 0 unspecified atom stereocenters. The van der Waals surface area contributed by atoms with Gasteiger partial charge in [0.25, 0.3) is 0 Å². The number of carbonyl (C=O) groups excluding carboxylic acids is 1. The largest absolute Gasteiger partial charge is 0.326 e. The van der Waals surface area contributed by atoms with E-state index in [9.17, 15) is 4.79 Å². The zero-order valence-corrected chi connectivity index (χ0v) is 12.9. The summed E-state index contributed by atoms with van der Waals surface area (Å²) < 4.78 is 1.88. The number of hydrogen-bond acceptors (Lipinski definition) is 3. The molecule has 1 atom stereocenters. The number of nitrogens with one attached hydrogen (secondary N) is 1. The third-order valence-corrected chi connectivity index (χ3v) is 3.72. The Bertz CT molecular complexity index is 769. The second-order valence-corrected chi connectivity index (χ2v) is 5.46. The number of rotatable bonds is 5. The van der Waals surface area contributed by atoms with Crippen LogP contribution in [0.4, 0.5) is 5.69 Å². The van der Waals surface area contributed by atoms with Crippen LogP contribution in [0.2, 0.25) is 0 Å². The highest BCUT2D eigenvalue weighted by atomic mass is 16.1. The highest BCUT2D eigenvalue weighted by Gasteiger charge is 2.14. The Labute approximate surface area is 135 Å². The minimum absolute atomic E-state index is 0.0161. The van der Waals surface area contributed by atoms with E-state index < -0.39 is 0 Å². The number of benzene rings is 2. The monoisotopic (exact) mass is 306 g/mol. The zero-order chi connectivity index (χ0) is 16.1. The van der Waals surface area contributed by atoms with Crippen molar-refractivity contribution in [1.82, 2.24) is 14.8 Å². The van der Waals surface area contributed by atoms with E-state index in [-0.39, 0.29) is 11.8 Å². The number of anilines is 1. The molecule has 3 rings (SSSR count). The molecule has 1 amide bonds. The van der Waals surface area contributed by atoms with Gasteiger partial charge in [0.2, 0.25) is 5.91 Å². The maximum absolute atomic E-state index is 12.4. The summed E-state index contributed by atoms with van der Waals surface area (Å²) in [7, 11) is 0. The van der Waals surface area contributed by atoms with Gasteiger partial charge >= 0.3 is 0 Å². The Morgan fingerprint density at radius 2 is 1.83 bits per heavy atom. The Balaban J connectivity index is 1.69. The van der Waals surface area contributed by atoms with E-state index in [0.29, 0.717) is 6.54 Å². The van der Waals surface area contributed by atoms with Crippen molar-refractivity contribution < 1.29 is 4.79 Å². The summed E-state index contributed by atoms with van der Waals surface area (Å²) in [4.78, 5) is 12.4. The summed E-state index contributed by atoms with van der Waals surface area (Å²) in [5.41, 5.74) is 2.88. The molecule has 0 bridgehead atoms. The predicted molar refractivity (Wildman–Crippen MR) is 89.1 cm³/mol.